The molecule has 3 heterocycles. The Morgan fingerprint density at radius 1 is 1.14 bits per heavy atom. The molecule has 0 aromatic heterocycles. The summed E-state index contributed by atoms with van der Waals surface area (Å²) >= 11 is 0. The highest BCUT2D eigenvalue weighted by atomic mass is 16.5. The van der Waals surface area contributed by atoms with Gasteiger partial charge in [0.15, 0.2) is 5.78 Å². The summed E-state index contributed by atoms with van der Waals surface area (Å²) in [6.07, 6.45) is 2.14. The fourth-order valence-electron chi connectivity index (χ4n) is 6.21. The van der Waals surface area contributed by atoms with E-state index in [1.165, 1.54) is 4.90 Å². The van der Waals surface area contributed by atoms with E-state index in [-0.39, 0.29) is 36.7 Å². The van der Waals surface area contributed by atoms with Crippen LogP contribution in [0.1, 0.15) is 36.0 Å². The van der Waals surface area contributed by atoms with Crippen LogP contribution in [0, 0.1) is 5.92 Å². The van der Waals surface area contributed by atoms with Gasteiger partial charge in [-0.2, -0.15) is 0 Å². The van der Waals surface area contributed by atoms with Gasteiger partial charge in [0, 0.05) is 51.1 Å². The minimum Gasteiger partial charge on any atom is -0.388 e. The quantitative estimate of drug-likeness (QED) is 0.509. The van der Waals surface area contributed by atoms with Gasteiger partial charge in [-0.15, -0.1) is 0 Å². The van der Waals surface area contributed by atoms with Gasteiger partial charge in [0.25, 0.3) is 5.91 Å². The van der Waals surface area contributed by atoms with Crippen molar-refractivity contribution in [2.75, 3.05) is 64.5 Å². The number of hydrogen-bond acceptors (Lipinski definition) is 8. The largest absolute Gasteiger partial charge is 0.388 e. The zero-order valence-corrected chi connectivity index (χ0v) is 21.5. The van der Waals surface area contributed by atoms with E-state index >= 15 is 0 Å². The van der Waals surface area contributed by atoms with E-state index < -0.39 is 24.3 Å². The van der Waals surface area contributed by atoms with Crippen molar-refractivity contribution >= 4 is 23.3 Å². The molecule has 4 fully saturated rings. The number of ether oxygens (including phenoxy) is 2. The van der Waals surface area contributed by atoms with Crippen molar-refractivity contribution in [3.05, 3.63) is 29.8 Å². The maximum absolute atomic E-state index is 13.7. The number of ketones is 1. The average Bonchev–Trinajstić information content (AvgIpc) is 3.66. The molecule has 10 nitrogen and oxygen atoms in total. The number of nitrogens with one attached hydrogen (secondary N) is 1. The molecule has 3 aliphatic heterocycles. The molecule has 37 heavy (non-hydrogen) atoms. The molecule has 4 atom stereocenters. The summed E-state index contributed by atoms with van der Waals surface area (Å²) in [6, 6.07) is 6.04. The SMILES string of the molecule is COCCN1CCN(c2ccc(C(=O)N[C@H](C(=O)N3C[C@H](O)[C@H]4OCC(=O)[C@H]43)C3CCCC3)cc2)CC1. The highest BCUT2D eigenvalue weighted by Gasteiger charge is 2.53. The lowest BCUT2D eigenvalue weighted by molar-refractivity contribution is -0.139. The number of β-amino-alcohol motifs (C(OH)–C–C–N with tert-alkyl or cyclic N) is 1. The second kappa shape index (κ2) is 11.5. The topological polar surface area (TPSA) is 112 Å². The predicted molar refractivity (Wildman–Crippen MR) is 136 cm³/mol. The molecule has 0 unspecified atom stereocenters. The fourth-order valence-corrected chi connectivity index (χ4v) is 6.21. The summed E-state index contributed by atoms with van der Waals surface area (Å²) in [4.78, 5) is 45.5. The van der Waals surface area contributed by atoms with Crippen LogP contribution in [0.2, 0.25) is 0 Å². The number of anilines is 1. The third-order valence-corrected chi connectivity index (χ3v) is 8.34. The number of likely N-dealkylation sites (tertiary alicyclic amines) is 1. The molecule has 0 bridgehead atoms. The van der Waals surface area contributed by atoms with Gasteiger partial charge in [-0.05, 0) is 43.0 Å². The summed E-state index contributed by atoms with van der Waals surface area (Å²) in [5, 5.41) is 13.3. The van der Waals surface area contributed by atoms with Crippen molar-refractivity contribution in [3.63, 3.8) is 0 Å². The van der Waals surface area contributed by atoms with Gasteiger partial charge >= 0.3 is 0 Å². The lowest BCUT2D eigenvalue weighted by Gasteiger charge is -2.36. The van der Waals surface area contributed by atoms with Crippen LogP contribution in [-0.2, 0) is 19.1 Å². The molecule has 4 aliphatic rings. The lowest BCUT2D eigenvalue weighted by Crippen LogP contribution is -2.54. The van der Waals surface area contributed by atoms with E-state index in [0.29, 0.717) is 5.56 Å². The first-order valence-electron chi connectivity index (χ1n) is 13.5. The Morgan fingerprint density at radius 3 is 2.51 bits per heavy atom. The number of carbonyl (C=O) groups excluding carboxylic acids is 3. The van der Waals surface area contributed by atoms with Gasteiger partial charge in [0.05, 0.1) is 13.2 Å². The highest BCUT2D eigenvalue weighted by molar-refractivity contribution is 5.99. The maximum Gasteiger partial charge on any atom is 0.251 e. The molecule has 2 amide bonds. The normalized spacial score (nSPS) is 27.5. The van der Waals surface area contributed by atoms with Crippen molar-refractivity contribution < 1.29 is 29.0 Å². The minimum absolute atomic E-state index is 0.0127. The molecule has 10 heteroatoms. The first-order valence-corrected chi connectivity index (χ1v) is 13.5. The number of carbonyl (C=O) groups is 3. The van der Waals surface area contributed by atoms with Gasteiger partial charge in [0.2, 0.25) is 5.91 Å². The van der Waals surface area contributed by atoms with Crippen LogP contribution in [0.5, 0.6) is 0 Å². The molecule has 5 rings (SSSR count). The summed E-state index contributed by atoms with van der Waals surface area (Å²) < 4.78 is 10.6. The van der Waals surface area contributed by atoms with Gasteiger partial charge in [-0.25, -0.2) is 0 Å². The van der Waals surface area contributed by atoms with Gasteiger partial charge < -0.3 is 29.7 Å². The molecule has 1 saturated carbocycles. The van der Waals surface area contributed by atoms with Crippen molar-refractivity contribution in [3.8, 4) is 0 Å². The highest BCUT2D eigenvalue weighted by Crippen LogP contribution is 2.33. The molecule has 1 aromatic rings. The second-order valence-corrected chi connectivity index (χ2v) is 10.6. The number of aliphatic hydroxyl groups excluding tert-OH is 1. The molecule has 1 aliphatic carbocycles. The third kappa shape index (κ3) is 5.52. The number of fused-ring (bicyclic) bond motifs is 1. The van der Waals surface area contributed by atoms with E-state index in [9.17, 15) is 19.5 Å². The zero-order chi connectivity index (χ0) is 25.9. The van der Waals surface area contributed by atoms with Crippen LogP contribution in [0.15, 0.2) is 24.3 Å². The van der Waals surface area contributed by atoms with E-state index in [1.807, 2.05) is 24.3 Å². The number of nitrogens with zero attached hydrogens (tertiary/aromatic N) is 3. The van der Waals surface area contributed by atoms with Crippen LogP contribution in [0.3, 0.4) is 0 Å². The number of methoxy groups -OCH3 is 1. The summed E-state index contributed by atoms with van der Waals surface area (Å²) in [5.74, 6) is -0.777. The molecule has 1 aromatic carbocycles. The van der Waals surface area contributed by atoms with Crippen LogP contribution in [0.25, 0.3) is 0 Å². The molecule has 202 valence electrons. The summed E-state index contributed by atoms with van der Waals surface area (Å²) in [7, 11) is 1.72. The van der Waals surface area contributed by atoms with Gasteiger partial charge in [0.1, 0.15) is 30.9 Å². The van der Waals surface area contributed by atoms with Crippen molar-refractivity contribution in [1.29, 1.82) is 0 Å². The number of Topliss-reactive ketones (excluding diaryl/α,β-unsaturated/α-hetero) is 1. The van der Waals surface area contributed by atoms with E-state index in [2.05, 4.69) is 15.1 Å². The van der Waals surface area contributed by atoms with E-state index in [0.717, 1.165) is 70.7 Å². The van der Waals surface area contributed by atoms with E-state index in [4.69, 9.17) is 9.47 Å². The Hall–Kier alpha value is -2.53. The first kappa shape index (κ1) is 26.1. The van der Waals surface area contributed by atoms with Crippen molar-refractivity contribution in [2.24, 2.45) is 5.92 Å². The Morgan fingerprint density at radius 2 is 1.84 bits per heavy atom. The molecule has 3 saturated heterocycles. The smallest absolute Gasteiger partial charge is 0.251 e. The van der Waals surface area contributed by atoms with Gasteiger partial charge in [-0.1, -0.05) is 12.8 Å². The monoisotopic (exact) mass is 514 g/mol. The zero-order valence-electron chi connectivity index (χ0n) is 21.5. The number of hydrogen-bond donors (Lipinski definition) is 2. The number of rotatable bonds is 8. The summed E-state index contributed by atoms with van der Waals surface area (Å²) in [5.41, 5.74) is 1.57. The van der Waals surface area contributed by atoms with Gasteiger partial charge in [-0.3, -0.25) is 19.3 Å². The summed E-state index contributed by atoms with van der Waals surface area (Å²) in [6.45, 7) is 5.40. The standard InChI is InChI=1S/C27H38N4O6/c1-36-15-14-29-10-12-30(13-11-29)20-8-6-19(7-9-20)26(34)28-23(18-4-2-3-5-18)27(35)31-16-21(32)25-24(31)22(33)17-37-25/h6-9,18,21,23-25,32H,2-5,10-17H2,1H3,(H,28,34)/t21-,23-,24+,25+/m0/s1. The predicted octanol–water partition coefficient (Wildman–Crippen LogP) is 0.283. The second-order valence-electron chi connectivity index (χ2n) is 10.6. The molecule has 0 spiro atoms. The minimum atomic E-state index is -0.894. The Kier molecular flexibility index (Phi) is 8.09. The molecular weight excluding hydrogens is 476 g/mol. The Bertz CT molecular complexity index is 974. The molecule has 2 N–H and O–H groups in total. The van der Waals surface area contributed by atoms with Crippen LogP contribution in [-0.4, -0.2) is 116 Å². The third-order valence-electron chi connectivity index (χ3n) is 8.34. The van der Waals surface area contributed by atoms with Crippen LogP contribution in [0.4, 0.5) is 5.69 Å². The molecule has 0 radical (unpaired) electrons. The van der Waals surface area contributed by atoms with Crippen LogP contribution < -0.4 is 10.2 Å². The van der Waals surface area contributed by atoms with Crippen molar-refractivity contribution in [2.45, 2.75) is 50.0 Å². The number of benzene rings is 1. The fraction of sp³-hybridized carbons (Fsp3) is 0.667. The maximum atomic E-state index is 13.7. The first-order chi connectivity index (χ1) is 18.0. The Labute approximate surface area is 217 Å². The number of aliphatic hydroxyl groups is 1. The van der Waals surface area contributed by atoms with Crippen LogP contribution >= 0.6 is 0 Å². The molecular formula is C27H38N4O6. The lowest BCUT2D eigenvalue weighted by atomic mass is 9.95. The van der Waals surface area contributed by atoms with E-state index in [1.54, 1.807) is 7.11 Å². The Balaban J connectivity index is 1.24. The number of amides is 2. The van der Waals surface area contributed by atoms with Crippen molar-refractivity contribution in [1.82, 2.24) is 15.1 Å². The average molecular weight is 515 g/mol. The number of piperazine rings is 1.